The number of ether oxygens (including phenoxy) is 1. The number of aromatic nitrogens is 2. The molecule has 0 unspecified atom stereocenters. The summed E-state index contributed by atoms with van der Waals surface area (Å²) in [7, 11) is 0. The van der Waals surface area contributed by atoms with E-state index in [0.717, 1.165) is 22.3 Å². The number of aryl methyl sites for hydroxylation is 4. The van der Waals surface area contributed by atoms with E-state index in [2.05, 4.69) is 10.4 Å². The molecule has 2 heterocycles. The lowest BCUT2D eigenvalue weighted by molar-refractivity contribution is -0.144. The van der Waals surface area contributed by atoms with Crippen molar-refractivity contribution in [1.29, 1.82) is 0 Å². The van der Waals surface area contributed by atoms with Gasteiger partial charge in [0.25, 0.3) is 5.56 Å². The van der Waals surface area contributed by atoms with Crippen molar-refractivity contribution in [1.82, 2.24) is 20.0 Å². The maximum atomic E-state index is 16.0. The first-order valence-electron chi connectivity index (χ1n) is 16.4. The standard InChI is InChI=1S/C37H48F2N4O4/c1-9-47-32(44)19-30(29-18-27(16-25(6)34(29)38)33-23(4)11-10-12-24(33)5)40-35(45)31(15-22(2)3)43-36(46)26(7)17-28(41-43)13-14-42-20-37(8,39)21-42/h10-12,16-18,22,30-31H,9,13-15,19-21H2,1-8H3,(H,40,45)/t30-,31-/m0/s1. The van der Waals surface area contributed by atoms with Crippen LogP contribution in [0, 0.1) is 39.4 Å². The van der Waals surface area contributed by atoms with E-state index in [9.17, 15) is 18.8 Å². The van der Waals surface area contributed by atoms with Gasteiger partial charge in [-0.1, -0.05) is 32.0 Å². The molecule has 0 radical (unpaired) electrons. The van der Waals surface area contributed by atoms with Crippen molar-refractivity contribution in [2.45, 2.75) is 92.4 Å². The van der Waals surface area contributed by atoms with Crippen LogP contribution in [0.5, 0.6) is 0 Å². The quantitative estimate of drug-likeness (QED) is 0.219. The van der Waals surface area contributed by atoms with Gasteiger partial charge in [0.1, 0.15) is 17.5 Å². The maximum Gasteiger partial charge on any atom is 0.308 e. The van der Waals surface area contributed by atoms with Crippen LogP contribution in [0.15, 0.2) is 41.2 Å². The summed E-state index contributed by atoms with van der Waals surface area (Å²) < 4.78 is 36.4. The van der Waals surface area contributed by atoms with E-state index in [1.165, 1.54) is 4.68 Å². The molecule has 8 nitrogen and oxygen atoms in total. The first-order valence-corrected chi connectivity index (χ1v) is 16.4. The second-order valence-corrected chi connectivity index (χ2v) is 13.6. The smallest absolute Gasteiger partial charge is 0.308 e. The van der Waals surface area contributed by atoms with Crippen LogP contribution < -0.4 is 10.9 Å². The molecule has 1 N–H and O–H groups in total. The van der Waals surface area contributed by atoms with Gasteiger partial charge < -0.3 is 10.1 Å². The highest BCUT2D eigenvalue weighted by Gasteiger charge is 2.38. The van der Waals surface area contributed by atoms with Crippen molar-refractivity contribution >= 4 is 11.9 Å². The molecular weight excluding hydrogens is 602 g/mol. The van der Waals surface area contributed by atoms with Gasteiger partial charge in [0.15, 0.2) is 0 Å². The molecule has 1 amide bonds. The van der Waals surface area contributed by atoms with Gasteiger partial charge in [-0.25, -0.2) is 13.5 Å². The van der Waals surface area contributed by atoms with E-state index < -0.39 is 41.0 Å². The summed E-state index contributed by atoms with van der Waals surface area (Å²) in [6.45, 7) is 15.8. The molecule has 47 heavy (non-hydrogen) atoms. The van der Waals surface area contributed by atoms with E-state index in [1.807, 2.05) is 50.8 Å². The number of benzene rings is 2. The van der Waals surface area contributed by atoms with Crippen LogP contribution in [0.1, 0.15) is 86.1 Å². The molecule has 10 heteroatoms. The third-order valence-electron chi connectivity index (χ3n) is 8.67. The Morgan fingerprint density at radius 1 is 1.04 bits per heavy atom. The second kappa shape index (κ2) is 14.9. The Balaban J connectivity index is 1.72. The predicted molar refractivity (Wildman–Crippen MR) is 180 cm³/mol. The number of hydrogen-bond acceptors (Lipinski definition) is 6. The Hall–Kier alpha value is -3.92. The van der Waals surface area contributed by atoms with Crippen LogP contribution in [0.25, 0.3) is 11.1 Å². The number of halogens is 2. The Labute approximate surface area is 276 Å². The number of alkyl halides is 1. The van der Waals surface area contributed by atoms with Gasteiger partial charge in [-0.15, -0.1) is 0 Å². The number of amides is 1. The third kappa shape index (κ3) is 8.71. The molecule has 1 aromatic heterocycles. The van der Waals surface area contributed by atoms with Crippen LogP contribution in [-0.2, 0) is 20.7 Å². The number of hydrogen-bond donors (Lipinski definition) is 1. The Bertz CT molecular complexity index is 1660. The monoisotopic (exact) mass is 650 g/mol. The minimum Gasteiger partial charge on any atom is -0.466 e. The normalized spacial score (nSPS) is 15.6. The highest BCUT2D eigenvalue weighted by molar-refractivity contribution is 5.82. The van der Waals surface area contributed by atoms with Gasteiger partial charge in [0.2, 0.25) is 5.91 Å². The summed E-state index contributed by atoms with van der Waals surface area (Å²) in [4.78, 5) is 42.5. The molecule has 3 aromatic rings. The highest BCUT2D eigenvalue weighted by Crippen LogP contribution is 2.34. The molecule has 0 bridgehead atoms. The first-order chi connectivity index (χ1) is 22.1. The van der Waals surface area contributed by atoms with Crippen molar-refractivity contribution < 1.29 is 23.1 Å². The Morgan fingerprint density at radius 2 is 1.70 bits per heavy atom. The fraction of sp³-hybridized carbons (Fsp3) is 0.514. The van der Waals surface area contributed by atoms with Crippen LogP contribution in [0.2, 0.25) is 0 Å². The third-order valence-corrected chi connectivity index (χ3v) is 8.67. The number of nitrogens with one attached hydrogen (secondary N) is 1. The number of carbonyl (C=O) groups excluding carboxylic acids is 2. The summed E-state index contributed by atoms with van der Waals surface area (Å²) in [6.07, 6.45) is 0.462. The minimum absolute atomic E-state index is 0.00146. The SMILES string of the molecule is CCOC(=O)C[C@H](NC(=O)[C@H](CC(C)C)n1nc(CCN2CC(C)(F)C2)cc(C)c1=O)c1cc(-c2c(C)cccc2C)cc(C)c1F. The summed E-state index contributed by atoms with van der Waals surface area (Å²) in [5.41, 5.74) is 3.72. The van der Waals surface area contributed by atoms with E-state index >= 15 is 4.39 Å². The summed E-state index contributed by atoms with van der Waals surface area (Å²) in [5, 5.41) is 7.52. The summed E-state index contributed by atoms with van der Waals surface area (Å²) >= 11 is 0. The molecule has 254 valence electrons. The molecule has 0 aliphatic carbocycles. The number of carbonyl (C=O) groups is 2. The van der Waals surface area contributed by atoms with Gasteiger partial charge in [0, 0.05) is 37.2 Å². The van der Waals surface area contributed by atoms with Crippen molar-refractivity contribution in [3.8, 4) is 11.1 Å². The summed E-state index contributed by atoms with van der Waals surface area (Å²) in [5.74, 6) is -1.67. The lowest BCUT2D eigenvalue weighted by Gasteiger charge is -2.42. The van der Waals surface area contributed by atoms with Crippen molar-refractivity contribution in [2.24, 2.45) is 5.92 Å². The molecule has 1 saturated heterocycles. The molecule has 2 atom stereocenters. The zero-order valence-corrected chi connectivity index (χ0v) is 28.9. The topological polar surface area (TPSA) is 93.5 Å². The van der Waals surface area contributed by atoms with Crippen LogP contribution in [0.3, 0.4) is 0 Å². The van der Waals surface area contributed by atoms with E-state index in [4.69, 9.17) is 4.74 Å². The zero-order chi connectivity index (χ0) is 34.6. The number of esters is 1. The van der Waals surface area contributed by atoms with Gasteiger partial charge >= 0.3 is 5.97 Å². The molecule has 1 fully saturated rings. The Kier molecular flexibility index (Phi) is 11.4. The van der Waals surface area contributed by atoms with Gasteiger partial charge in [-0.2, -0.15) is 5.10 Å². The highest BCUT2D eigenvalue weighted by atomic mass is 19.1. The molecule has 1 aliphatic rings. The number of nitrogens with zero attached hydrogens (tertiary/aromatic N) is 3. The van der Waals surface area contributed by atoms with E-state index in [-0.39, 0.29) is 30.9 Å². The van der Waals surface area contributed by atoms with Crippen LogP contribution >= 0.6 is 0 Å². The average molecular weight is 651 g/mol. The second-order valence-electron chi connectivity index (χ2n) is 13.6. The molecule has 4 rings (SSSR count). The average Bonchev–Trinajstić information content (AvgIpc) is 2.96. The predicted octanol–water partition coefficient (Wildman–Crippen LogP) is 6.27. The van der Waals surface area contributed by atoms with E-state index in [0.29, 0.717) is 42.9 Å². The summed E-state index contributed by atoms with van der Waals surface area (Å²) in [6, 6.07) is 9.00. The van der Waals surface area contributed by atoms with Crippen molar-refractivity contribution in [3.63, 3.8) is 0 Å². The first kappa shape index (κ1) is 35.9. The fourth-order valence-electron chi connectivity index (χ4n) is 6.48. The molecule has 2 aromatic carbocycles. The number of likely N-dealkylation sites (tertiary alicyclic amines) is 1. The van der Waals surface area contributed by atoms with Crippen LogP contribution in [0.4, 0.5) is 8.78 Å². The van der Waals surface area contributed by atoms with E-state index in [1.54, 1.807) is 45.9 Å². The largest absolute Gasteiger partial charge is 0.466 e. The zero-order valence-electron chi connectivity index (χ0n) is 28.9. The molecule has 0 spiro atoms. The lowest BCUT2D eigenvalue weighted by atomic mass is 9.90. The van der Waals surface area contributed by atoms with Crippen LogP contribution in [-0.4, -0.2) is 58.5 Å². The fourth-order valence-corrected chi connectivity index (χ4v) is 6.48. The van der Waals surface area contributed by atoms with Crippen molar-refractivity contribution in [3.05, 3.63) is 86.1 Å². The Morgan fingerprint density at radius 3 is 2.30 bits per heavy atom. The van der Waals surface area contributed by atoms with Gasteiger partial charge in [0.05, 0.1) is 24.8 Å². The van der Waals surface area contributed by atoms with Gasteiger partial charge in [-0.05, 0) is 99.9 Å². The minimum atomic E-state index is -1.20. The van der Waals surface area contributed by atoms with Crippen molar-refractivity contribution in [2.75, 3.05) is 26.2 Å². The number of rotatable bonds is 13. The molecular formula is C37H48F2N4O4. The lowest BCUT2D eigenvalue weighted by Crippen LogP contribution is -2.57. The molecule has 1 aliphatic heterocycles. The maximum absolute atomic E-state index is 16.0. The van der Waals surface area contributed by atoms with Gasteiger partial charge in [-0.3, -0.25) is 19.3 Å². The molecule has 0 saturated carbocycles.